The summed E-state index contributed by atoms with van der Waals surface area (Å²) in [5.74, 6) is 1.31. The summed E-state index contributed by atoms with van der Waals surface area (Å²) in [5.41, 5.74) is 6.94. The van der Waals surface area contributed by atoms with Crippen LogP contribution in [0.2, 0.25) is 0 Å². The normalized spacial score (nSPS) is 20.8. The average molecular weight is 327 g/mol. The Balaban J connectivity index is 0.00000242. The number of benzene rings is 1. The van der Waals surface area contributed by atoms with E-state index in [-0.39, 0.29) is 24.4 Å². The summed E-state index contributed by atoms with van der Waals surface area (Å²) < 4.78 is 5.61. The molecule has 0 spiro atoms. The van der Waals surface area contributed by atoms with E-state index in [2.05, 4.69) is 5.32 Å². The zero-order valence-electron chi connectivity index (χ0n) is 13.2. The molecule has 2 rings (SSSR count). The lowest BCUT2D eigenvalue weighted by molar-refractivity contribution is -0.122. The van der Waals surface area contributed by atoms with Crippen molar-refractivity contribution < 1.29 is 9.53 Å². The predicted octanol–water partition coefficient (Wildman–Crippen LogP) is 2.82. The van der Waals surface area contributed by atoms with Crippen LogP contribution < -0.4 is 15.8 Å². The van der Waals surface area contributed by atoms with Crippen LogP contribution in [0.15, 0.2) is 24.3 Å². The van der Waals surface area contributed by atoms with Gasteiger partial charge in [-0.25, -0.2) is 0 Å². The van der Waals surface area contributed by atoms with E-state index in [4.69, 9.17) is 10.5 Å². The van der Waals surface area contributed by atoms with Crippen molar-refractivity contribution in [2.24, 2.45) is 11.7 Å². The summed E-state index contributed by atoms with van der Waals surface area (Å²) in [7, 11) is 0. The molecule has 1 aromatic rings. The van der Waals surface area contributed by atoms with Crippen LogP contribution in [0.1, 0.15) is 37.7 Å². The summed E-state index contributed by atoms with van der Waals surface area (Å²) in [4.78, 5) is 12.0. The standard InChI is InChI=1S/C17H26N2O2.ClH/c1-13-5-4-7-15(11-13)21-10-9-17(20)19-16-8-3-2-6-14(16)12-18;/h4-5,7,11,14,16H,2-3,6,8-10,12,18H2,1H3,(H,19,20);1H. The van der Waals surface area contributed by atoms with E-state index in [0.29, 0.717) is 25.5 Å². The van der Waals surface area contributed by atoms with Gasteiger partial charge in [0.15, 0.2) is 0 Å². The van der Waals surface area contributed by atoms with Crippen molar-refractivity contribution in [2.75, 3.05) is 13.2 Å². The maximum absolute atomic E-state index is 12.0. The Bertz CT molecular complexity index is 468. The first kappa shape index (κ1) is 18.8. The molecule has 1 amide bonds. The molecule has 1 saturated carbocycles. The van der Waals surface area contributed by atoms with Gasteiger partial charge in [-0.3, -0.25) is 4.79 Å². The molecule has 124 valence electrons. The minimum Gasteiger partial charge on any atom is -0.493 e. The molecule has 5 heteroatoms. The van der Waals surface area contributed by atoms with Crippen LogP contribution in [-0.4, -0.2) is 25.1 Å². The second-order valence-electron chi connectivity index (χ2n) is 5.87. The summed E-state index contributed by atoms with van der Waals surface area (Å²) in [5, 5.41) is 3.12. The molecule has 0 radical (unpaired) electrons. The molecule has 2 unspecified atom stereocenters. The molecule has 0 aromatic heterocycles. The fourth-order valence-electron chi connectivity index (χ4n) is 2.93. The molecule has 0 heterocycles. The molecule has 1 aliphatic carbocycles. The van der Waals surface area contributed by atoms with E-state index in [1.165, 1.54) is 12.8 Å². The Morgan fingerprint density at radius 3 is 2.86 bits per heavy atom. The van der Waals surface area contributed by atoms with Crippen molar-refractivity contribution in [3.63, 3.8) is 0 Å². The lowest BCUT2D eigenvalue weighted by atomic mass is 9.84. The summed E-state index contributed by atoms with van der Waals surface area (Å²) in [6, 6.07) is 8.11. The molecular weight excluding hydrogens is 300 g/mol. The second-order valence-corrected chi connectivity index (χ2v) is 5.87. The third-order valence-electron chi connectivity index (χ3n) is 4.15. The Morgan fingerprint density at radius 2 is 2.14 bits per heavy atom. The number of aryl methyl sites for hydroxylation is 1. The van der Waals surface area contributed by atoms with Gasteiger partial charge < -0.3 is 15.8 Å². The number of nitrogens with two attached hydrogens (primary N) is 1. The van der Waals surface area contributed by atoms with Crippen molar-refractivity contribution in [3.05, 3.63) is 29.8 Å². The molecule has 2 atom stereocenters. The summed E-state index contributed by atoms with van der Waals surface area (Å²) >= 11 is 0. The molecule has 1 aromatic carbocycles. The summed E-state index contributed by atoms with van der Waals surface area (Å²) in [6.45, 7) is 3.09. The van der Waals surface area contributed by atoms with Gasteiger partial charge in [-0.05, 0) is 49.9 Å². The summed E-state index contributed by atoms with van der Waals surface area (Å²) in [6.07, 6.45) is 4.97. The van der Waals surface area contributed by atoms with Crippen LogP contribution in [-0.2, 0) is 4.79 Å². The van der Waals surface area contributed by atoms with E-state index in [0.717, 1.165) is 24.2 Å². The van der Waals surface area contributed by atoms with Gasteiger partial charge in [0.2, 0.25) is 5.91 Å². The van der Waals surface area contributed by atoms with Gasteiger partial charge in [-0.2, -0.15) is 0 Å². The monoisotopic (exact) mass is 326 g/mol. The predicted molar refractivity (Wildman–Crippen MR) is 91.5 cm³/mol. The first-order chi connectivity index (χ1) is 10.2. The molecule has 3 N–H and O–H groups in total. The number of hydrogen-bond donors (Lipinski definition) is 2. The number of carbonyl (C=O) groups is 1. The van der Waals surface area contributed by atoms with Gasteiger partial charge in [0, 0.05) is 6.04 Å². The molecular formula is C17H27ClN2O2. The van der Waals surface area contributed by atoms with Crippen LogP contribution in [0.3, 0.4) is 0 Å². The zero-order valence-corrected chi connectivity index (χ0v) is 14.0. The average Bonchev–Trinajstić information content (AvgIpc) is 2.48. The highest BCUT2D eigenvalue weighted by Gasteiger charge is 2.25. The number of ether oxygens (including phenoxy) is 1. The highest BCUT2D eigenvalue weighted by atomic mass is 35.5. The topological polar surface area (TPSA) is 64.3 Å². The van der Waals surface area contributed by atoms with E-state index in [1.807, 2.05) is 31.2 Å². The first-order valence-electron chi connectivity index (χ1n) is 7.88. The van der Waals surface area contributed by atoms with Crippen LogP contribution in [0.25, 0.3) is 0 Å². The fraction of sp³-hybridized carbons (Fsp3) is 0.588. The lowest BCUT2D eigenvalue weighted by Crippen LogP contribution is -2.45. The van der Waals surface area contributed by atoms with Crippen molar-refractivity contribution in [2.45, 2.75) is 45.1 Å². The minimum atomic E-state index is 0. The largest absolute Gasteiger partial charge is 0.493 e. The van der Waals surface area contributed by atoms with E-state index < -0.39 is 0 Å². The van der Waals surface area contributed by atoms with Crippen LogP contribution >= 0.6 is 12.4 Å². The van der Waals surface area contributed by atoms with Crippen molar-refractivity contribution in [1.29, 1.82) is 0 Å². The Labute approximate surface area is 139 Å². The number of hydrogen-bond acceptors (Lipinski definition) is 3. The molecule has 22 heavy (non-hydrogen) atoms. The van der Waals surface area contributed by atoms with Gasteiger partial charge in [-0.1, -0.05) is 25.0 Å². The maximum atomic E-state index is 12.0. The third kappa shape index (κ3) is 5.85. The van der Waals surface area contributed by atoms with Gasteiger partial charge in [0.25, 0.3) is 0 Å². The minimum absolute atomic E-state index is 0. The third-order valence-corrected chi connectivity index (χ3v) is 4.15. The van der Waals surface area contributed by atoms with Gasteiger partial charge in [0.1, 0.15) is 5.75 Å². The van der Waals surface area contributed by atoms with Gasteiger partial charge in [0.05, 0.1) is 13.0 Å². The quantitative estimate of drug-likeness (QED) is 0.845. The number of carbonyl (C=O) groups excluding carboxylic acids is 1. The van der Waals surface area contributed by atoms with E-state index in [1.54, 1.807) is 0 Å². The Morgan fingerprint density at radius 1 is 1.36 bits per heavy atom. The Hall–Kier alpha value is -1.26. The highest BCUT2D eigenvalue weighted by Crippen LogP contribution is 2.23. The van der Waals surface area contributed by atoms with Crippen molar-refractivity contribution in [3.8, 4) is 5.75 Å². The molecule has 0 bridgehead atoms. The SMILES string of the molecule is Cc1cccc(OCCC(=O)NC2CCCCC2CN)c1.Cl. The van der Waals surface area contributed by atoms with Gasteiger partial charge in [-0.15, -0.1) is 12.4 Å². The second kappa shape index (κ2) is 9.70. The number of nitrogens with one attached hydrogen (secondary N) is 1. The van der Waals surface area contributed by atoms with Crippen molar-refractivity contribution in [1.82, 2.24) is 5.32 Å². The molecule has 1 fully saturated rings. The Kier molecular flexibility index (Phi) is 8.28. The molecule has 1 aliphatic rings. The smallest absolute Gasteiger partial charge is 0.223 e. The molecule has 0 saturated heterocycles. The first-order valence-corrected chi connectivity index (χ1v) is 7.88. The lowest BCUT2D eigenvalue weighted by Gasteiger charge is -2.31. The maximum Gasteiger partial charge on any atom is 0.223 e. The van der Waals surface area contributed by atoms with Crippen molar-refractivity contribution >= 4 is 18.3 Å². The molecule has 0 aliphatic heterocycles. The number of rotatable bonds is 6. The van der Waals surface area contributed by atoms with Crippen LogP contribution in [0.4, 0.5) is 0 Å². The number of halogens is 1. The highest BCUT2D eigenvalue weighted by molar-refractivity contribution is 5.85. The van der Waals surface area contributed by atoms with E-state index in [9.17, 15) is 4.79 Å². The number of amides is 1. The fourth-order valence-corrected chi connectivity index (χ4v) is 2.93. The van der Waals surface area contributed by atoms with Crippen LogP contribution in [0, 0.1) is 12.8 Å². The van der Waals surface area contributed by atoms with Crippen LogP contribution in [0.5, 0.6) is 5.75 Å². The molecule has 4 nitrogen and oxygen atoms in total. The van der Waals surface area contributed by atoms with Gasteiger partial charge >= 0.3 is 0 Å². The van der Waals surface area contributed by atoms with E-state index >= 15 is 0 Å². The zero-order chi connectivity index (χ0) is 15.1.